The third-order valence-electron chi connectivity index (χ3n) is 14.0. The van der Waals surface area contributed by atoms with Crippen molar-refractivity contribution in [2.24, 2.45) is 0 Å². The van der Waals surface area contributed by atoms with Gasteiger partial charge < -0.3 is 13.9 Å². The van der Waals surface area contributed by atoms with Crippen LogP contribution < -0.4 is 4.74 Å². The van der Waals surface area contributed by atoms with Gasteiger partial charge in [-0.05, 0) is 106 Å². The molecule has 1 spiro atoms. The van der Waals surface area contributed by atoms with E-state index in [1.165, 1.54) is 99.2 Å². The van der Waals surface area contributed by atoms with E-state index in [0.29, 0.717) is 0 Å². The molecule has 0 atom stereocenters. The average Bonchev–Trinajstić information content (AvgIpc) is 3.98. The van der Waals surface area contributed by atoms with Gasteiger partial charge in [-0.1, -0.05) is 164 Å². The van der Waals surface area contributed by atoms with Gasteiger partial charge in [0.2, 0.25) is 0 Å². The summed E-state index contributed by atoms with van der Waals surface area (Å²) in [4.78, 5) is 0. The second-order valence-electron chi connectivity index (χ2n) is 17.2. The third kappa shape index (κ3) is 4.76. The predicted octanol–water partition coefficient (Wildman–Crippen LogP) is 15.7. The van der Waals surface area contributed by atoms with Crippen molar-refractivity contribution < 1.29 is 4.74 Å². The van der Waals surface area contributed by atoms with Crippen molar-refractivity contribution in [3.8, 4) is 56.3 Å². The number of para-hydroxylation sites is 3. The van der Waals surface area contributed by atoms with Crippen LogP contribution in [0.2, 0.25) is 0 Å². The van der Waals surface area contributed by atoms with Crippen molar-refractivity contribution in [2.75, 3.05) is 0 Å². The molecule has 0 saturated carbocycles. The summed E-state index contributed by atoms with van der Waals surface area (Å²) < 4.78 is 11.6. The van der Waals surface area contributed by atoms with Gasteiger partial charge in [-0.15, -0.1) is 0 Å². The zero-order chi connectivity index (χ0) is 41.9. The van der Waals surface area contributed by atoms with Gasteiger partial charge in [-0.2, -0.15) is 0 Å². The fourth-order valence-electron chi connectivity index (χ4n) is 11.3. The van der Waals surface area contributed by atoms with Crippen molar-refractivity contribution in [1.29, 1.82) is 0 Å². The first-order valence-electron chi connectivity index (χ1n) is 22.1. The van der Waals surface area contributed by atoms with E-state index in [-0.39, 0.29) is 0 Å². The van der Waals surface area contributed by atoms with Crippen molar-refractivity contribution in [3.63, 3.8) is 0 Å². The fraction of sp³-hybridized carbons (Fsp3) is 0.0164. The molecule has 298 valence electrons. The third-order valence-corrected chi connectivity index (χ3v) is 14.0. The first kappa shape index (κ1) is 35.2. The molecule has 10 aromatic carbocycles. The second kappa shape index (κ2) is 13.3. The molecule has 0 saturated heterocycles. The van der Waals surface area contributed by atoms with E-state index in [1.54, 1.807) is 0 Å². The zero-order valence-electron chi connectivity index (χ0n) is 34.7. The maximum absolute atomic E-state index is 6.69. The van der Waals surface area contributed by atoms with E-state index in [1.807, 2.05) is 0 Å². The molecule has 2 aliphatic rings. The number of benzene rings is 10. The van der Waals surface area contributed by atoms with Crippen molar-refractivity contribution in [2.45, 2.75) is 5.41 Å². The van der Waals surface area contributed by atoms with E-state index in [2.05, 4.69) is 240 Å². The Morgan fingerprint density at radius 1 is 0.312 bits per heavy atom. The van der Waals surface area contributed by atoms with Gasteiger partial charge in [0.1, 0.15) is 11.5 Å². The molecule has 64 heavy (non-hydrogen) atoms. The maximum Gasteiger partial charge on any atom is 0.132 e. The molecule has 0 radical (unpaired) electrons. The summed E-state index contributed by atoms with van der Waals surface area (Å²) in [7, 11) is 0. The minimum Gasteiger partial charge on any atom is -0.457 e. The van der Waals surface area contributed by atoms with Gasteiger partial charge in [0.25, 0.3) is 0 Å². The first-order valence-corrected chi connectivity index (χ1v) is 22.1. The molecule has 1 aliphatic heterocycles. The molecule has 2 aromatic heterocycles. The maximum atomic E-state index is 6.69. The number of ether oxygens (including phenoxy) is 1. The normalized spacial score (nSPS) is 13.2. The highest BCUT2D eigenvalue weighted by molar-refractivity contribution is 6.17. The minimum absolute atomic E-state index is 0.567. The molecule has 3 heterocycles. The molecule has 0 unspecified atom stereocenters. The molecule has 12 aromatic rings. The van der Waals surface area contributed by atoms with Gasteiger partial charge in [0.15, 0.2) is 0 Å². The van der Waals surface area contributed by atoms with Crippen LogP contribution in [-0.2, 0) is 5.41 Å². The SMILES string of the molecule is c1ccc(-c2ccc3c(c2)c2ccccc2n3-c2ccc(-n3c4ccc(-c5ccccc5)cc4c4ccc5c(c43)-c3ccccc3C53c4ccccc4Oc4ccccc43)cc2)cc1. The molecular formula is C61H38N2O. The molecule has 3 nitrogen and oxygen atoms in total. The summed E-state index contributed by atoms with van der Waals surface area (Å²) in [6.07, 6.45) is 0. The Morgan fingerprint density at radius 3 is 1.47 bits per heavy atom. The van der Waals surface area contributed by atoms with Crippen molar-refractivity contribution >= 4 is 43.6 Å². The summed E-state index contributed by atoms with van der Waals surface area (Å²) in [5, 5.41) is 4.95. The van der Waals surface area contributed by atoms with Crippen LogP contribution in [0.5, 0.6) is 11.5 Å². The number of fused-ring (bicyclic) bond motifs is 16. The van der Waals surface area contributed by atoms with Crippen LogP contribution in [0.1, 0.15) is 22.3 Å². The summed E-state index contributed by atoms with van der Waals surface area (Å²) in [5.74, 6) is 1.79. The molecule has 14 rings (SSSR count). The number of aromatic nitrogens is 2. The summed E-state index contributed by atoms with van der Waals surface area (Å²) >= 11 is 0. The lowest BCUT2D eigenvalue weighted by Gasteiger charge is -2.39. The average molecular weight is 815 g/mol. The minimum atomic E-state index is -0.567. The van der Waals surface area contributed by atoms with Crippen LogP contribution in [0.15, 0.2) is 231 Å². The molecule has 0 N–H and O–H groups in total. The molecule has 0 bridgehead atoms. The second-order valence-corrected chi connectivity index (χ2v) is 17.2. The van der Waals surface area contributed by atoms with Gasteiger partial charge in [0.05, 0.1) is 27.5 Å². The lowest BCUT2D eigenvalue weighted by atomic mass is 9.66. The predicted molar refractivity (Wildman–Crippen MR) is 263 cm³/mol. The Labute approximate surface area is 370 Å². The Morgan fingerprint density at radius 2 is 0.812 bits per heavy atom. The van der Waals surface area contributed by atoms with Gasteiger partial charge in [-0.3, -0.25) is 0 Å². The smallest absolute Gasteiger partial charge is 0.132 e. The number of rotatable bonds is 4. The first-order chi connectivity index (χ1) is 31.8. The van der Waals surface area contributed by atoms with Gasteiger partial charge in [-0.25, -0.2) is 0 Å². The van der Waals surface area contributed by atoms with Crippen molar-refractivity contribution in [3.05, 3.63) is 253 Å². The van der Waals surface area contributed by atoms with Crippen LogP contribution in [0.3, 0.4) is 0 Å². The van der Waals surface area contributed by atoms with Crippen LogP contribution in [0.25, 0.3) is 88.4 Å². The van der Waals surface area contributed by atoms with Crippen LogP contribution in [0, 0.1) is 0 Å². The molecule has 1 aliphatic carbocycles. The lowest BCUT2D eigenvalue weighted by Crippen LogP contribution is -2.32. The molecule has 3 heteroatoms. The zero-order valence-corrected chi connectivity index (χ0v) is 34.7. The molecule has 0 amide bonds. The number of hydrogen-bond donors (Lipinski definition) is 0. The number of hydrogen-bond acceptors (Lipinski definition) is 1. The summed E-state index contributed by atoms with van der Waals surface area (Å²) in [6, 6.07) is 84.4. The van der Waals surface area contributed by atoms with E-state index < -0.39 is 5.41 Å². The Kier molecular flexibility index (Phi) is 7.32. The van der Waals surface area contributed by atoms with E-state index in [4.69, 9.17) is 4.74 Å². The van der Waals surface area contributed by atoms with Crippen LogP contribution in [-0.4, -0.2) is 9.13 Å². The Bertz CT molecular complexity index is 3810. The van der Waals surface area contributed by atoms with Gasteiger partial charge in [0, 0.05) is 49.6 Å². The highest BCUT2D eigenvalue weighted by Crippen LogP contribution is 2.63. The summed E-state index contributed by atoms with van der Waals surface area (Å²) in [6.45, 7) is 0. The monoisotopic (exact) mass is 814 g/mol. The highest BCUT2D eigenvalue weighted by Gasteiger charge is 2.51. The highest BCUT2D eigenvalue weighted by atomic mass is 16.5. The summed E-state index contributed by atoms with van der Waals surface area (Å²) in [5.41, 5.74) is 18.7. The Hall–Kier alpha value is -8.40. The van der Waals surface area contributed by atoms with E-state index in [9.17, 15) is 0 Å². The topological polar surface area (TPSA) is 19.1 Å². The quantitative estimate of drug-likeness (QED) is 0.173. The largest absolute Gasteiger partial charge is 0.457 e. The molecule has 0 fully saturated rings. The van der Waals surface area contributed by atoms with E-state index >= 15 is 0 Å². The molecular weight excluding hydrogens is 777 g/mol. The Balaban J connectivity index is 1.04. The fourth-order valence-corrected chi connectivity index (χ4v) is 11.3. The van der Waals surface area contributed by atoms with Crippen LogP contribution >= 0.6 is 0 Å². The number of nitrogens with zero attached hydrogens (tertiary/aromatic N) is 2. The van der Waals surface area contributed by atoms with Gasteiger partial charge >= 0.3 is 0 Å². The lowest BCUT2D eigenvalue weighted by molar-refractivity contribution is 0.436. The standard InChI is InChI=1S/C61H38N2O/c1-3-15-39(16-4-1)41-27-35-55-48(37-41)45-19-8-12-24-54(45)62(55)43-29-31-44(32-30-43)63-56-36-28-42(40-17-5-2-6-18-40)38-49(56)46-33-34-53-59(60(46)63)47-20-7-9-21-50(47)61(53)51-22-10-13-25-57(51)64-58-26-14-11-23-52(58)61/h1-38H. The van der Waals surface area contributed by atoms with E-state index in [0.717, 1.165) is 22.9 Å². The van der Waals surface area contributed by atoms with Crippen molar-refractivity contribution in [1.82, 2.24) is 9.13 Å². The van der Waals surface area contributed by atoms with Crippen LogP contribution in [0.4, 0.5) is 0 Å².